The van der Waals surface area contributed by atoms with E-state index in [1.807, 2.05) is 6.92 Å². The smallest absolute Gasteiger partial charge is 0.220 e. The van der Waals surface area contributed by atoms with Crippen LogP contribution in [0.1, 0.15) is 48.2 Å². The maximum absolute atomic E-state index is 12.0. The first kappa shape index (κ1) is 16.4. The van der Waals surface area contributed by atoms with Crippen molar-refractivity contribution in [2.75, 3.05) is 20.1 Å². The van der Waals surface area contributed by atoms with Gasteiger partial charge < -0.3 is 10.2 Å². The topological polar surface area (TPSA) is 45.2 Å². The van der Waals surface area contributed by atoms with Gasteiger partial charge in [-0.15, -0.1) is 11.3 Å². The van der Waals surface area contributed by atoms with Crippen LogP contribution >= 0.6 is 11.3 Å². The molecule has 2 rings (SSSR count). The summed E-state index contributed by atoms with van der Waals surface area (Å²) in [5.41, 5.74) is 1.06. The molecule has 1 atom stereocenters. The normalized spacial score (nSPS) is 19.7. The van der Waals surface area contributed by atoms with E-state index < -0.39 is 0 Å². The lowest BCUT2D eigenvalue weighted by Gasteiger charge is -2.29. The molecule has 0 radical (unpaired) electrons. The van der Waals surface area contributed by atoms with Crippen molar-refractivity contribution >= 4 is 17.2 Å². The summed E-state index contributed by atoms with van der Waals surface area (Å²) in [6.45, 7) is 7.11. The molecule has 0 saturated carbocycles. The Kier molecular flexibility index (Phi) is 6.18. The second-order valence-corrected chi connectivity index (χ2v) is 7.22. The number of hydrogen-bond donors (Lipinski definition) is 1. The average molecular weight is 309 g/mol. The number of carbonyl (C=O) groups excluding carboxylic acids is 1. The number of amides is 1. The summed E-state index contributed by atoms with van der Waals surface area (Å²) in [7, 11) is 2.17. The van der Waals surface area contributed by atoms with Crippen LogP contribution < -0.4 is 5.32 Å². The van der Waals surface area contributed by atoms with Crippen LogP contribution in [0.5, 0.6) is 0 Å². The Morgan fingerprint density at radius 3 is 3.00 bits per heavy atom. The van der Waals surface area contributed by atoms with Crippen molar-refractivity contribution in [2.45, 2.75) is 52.5 Å². The summed E-state index contributed by atoms with van der Waals surface area (Å²) in [5.74, 6) is 0.861. The number of nitrogens with one attached hydrogen (secondary N) is 1. The van der Waals surface area contributed by atoms with Gasteiger partial charge in [-0.1, -0.05) is 6.92 Å². The number of aromatic nitrogens is 1. The summed E-state index contributed by atoms with van der Waals surface area (Å²) >= 11 is 1.72. The quantitative estimate of drug-likeness (QED) is 0.879. The molecule has 4 nitrogen and oxygen atoms in total. The minimum Gasteiger partial charge on any atom is -0.351 e. The third kappa shape index (κ3) is 5.08. The molecule has 0 aromatic carbocycles. The van der Waals surface area contributed by atoms with E-state index in [4.69, 9.17) is 0 Å². The molecule has 118 valence electrons. The standard InChI is InChI=1S/C16H27N3OS/c1-4-16-18-12(2)14(21-16)10-17-15(20)8-7-13-6-5-9-19(3)11-13/h13H,4-11H2,1-3H3,(H,17,20). The number of aryl methyl sites for hydroxylation is 2. The zero-order valence-electron chi connectivity index (χ0n) is 13.4. The summed E-state index contributed by atoms with van der Waals surface area (Å²) in [5, 5.41) is 4.20. The molecule has 1 aromatic rings. The van der Waals surface area contributed by atoms with Crippen molar-refractivity contribution in [3.8, 4) is 0 Å². The first-order valence-corrected chi connectivity index (χ1v) is 8.80. The van der Waals surface area contributed by atoms with Gasteiger partial charge in [-0.2, -0.15) is 0 Å². The highest BCUT2D eigenvalue weighted by Gasteiger charge is 2.18. The van der Waals surface area contributed by atoms with E-state index in [1.165, 1.54) is 24.3 Å². The van der Waals surface area contributed by atoms with Crippen molar-refractivity contribution < 1.29 is 4.79 Å². The number of rotatable bonds is 6. The number of piperidine rings is 1. The highest BCUT2D eigenvalue weighted by molar-refractivity contribution is 7.11. The zero-order valence-corrected chi connectivity index (χ0v) is 14.3. The predicted molar refractivity (Wildman–Crippen MR) is 87.5 cm³/mol. The van der Waals surface area contributed by atoms with E-state index in [0.717, 1.165) is 30.1 Å². The fourth-order valence-corrected chi connectivity index (χ4v) is 3.86. The highest BCUT2D eigenvalue weighted by atomic mass is 32.1. The van der Waals surface area contributed by atoms with Gasteiger partial charge in [0.15, 0.2) is 0 Å². The van der Waals surface area contributed by atoms with E-state index >= 15 is 0 Å². The third-order valence-corrected chi connectivity index (χ3v) is 5.49. The Bertz CT molecular complexity index is 472. The molecule has 0 aliphatic carbocycles. The van der Waals surface area contributed by atoms with Gasteiger partial charge >= 0.3 is 0 Å². The van der Waals surface area contributed by atoms with Gasteiger partial charge in [0, 0.05) is 17.8 Å². The summed E-state index contributed by atoms with van der Waals surface area (Å²) in [6, 6.07) is 0. The molecule has 1 aromatic heterocycles. The highest BCUT2D eigenvalue weighted by Crippen LogP contribution is 2.20. The van der Waals surface area contributed by atoms with Gasteiger partial charge in [-0.25, -0.2) is 4.98 Å². The van der Waals surface area contributed by atoms with Crippen LogP contribution in [0.3, 0.4) is 0 Å². The second kappa shape index (κ2) is 7.90. The Hall–Kier alpha value is -0.940. The molecule has 1 aliphatic rings. The Labute approximate surface area is 132 Å². The minimum atomic E-state index is 0.175. The van der Waals surface area contributed by atoms with Crippen LogP contribution in [-0.4, -0.2) is 35.9 Å². The van der Waals surface area contributed by atoms with Gasteiger partial charge in [0.25, 0.3) is 0 Å². The molecular weight excluding hydrogens is 282 g/mol. The molecule has 1 saturated heterocycles. The lowest BCUT2D eigenvalue weighted by atomic mass is 9.93. The summed E-state index contributed by atoms with van der Waals surface area (Å²) in [4.78, 5) is 20.1. The van der Waals surface area contributed by atoms with E-state index in [9.17, 15) is 4.79 Å². The van der Waals surface area contributed by atoms with Crippen molar-refractivity contribution in [1.29, 1.82) is 0 Å². The van der Waals surface area contributed by atoms with E-state index in [0.29, 0.717) is 18.9 Å². The van der Waals surface area contributed by atoms with Gasteiger partial charge in [0.2, 0.25) is 5.91 Å². The molecule has 1 N–H and O–H groups in total. The molecule has 1 amide bonds. The summed E-state index contributed by atoms with van der Waals surface area (Å²) in [6.07, 6.45) is 5.16. The van der Waals surface area contributed by atoms with Gasteiger partial charge in [-0.3, -0.25) is 4.79 Å². The molecule has 21 heavy (non-hydrogen) atoms. The van der Waals surface area contributed by atoms with Gasteiger partial charge in [0.05, 0.1) is 17.2 Å². The summed E-state index contributed by atoms with van der Waals surface area (Å²) < 4.78 is 0. The Balaban J connectivity index is 1.70. The lowest BCUT2D eigenvalue weighted by molar-refractivity contribution is -0.121. The van der Waals surface area contributed by atoms with Gasteiger partial charge in [-0.05, 0) is 52.1 Å². The number of hydrogen-bond acceptors (Lipinski definition) is 4. The second-order valence-electron chi connectivity index (χ2n) is 6.06. The number of carbonyl (C=O) groups is 1. The first-order valence-electron chi connectivity index (χ1n) is 7.99. The molecular formula is C16H27N3OS. The molecule has 0 bridgehead atoms. The molecule has 5 heteroatoms. The first-order chi connectivity index (χ1) is 10.1. The maximum Gasteiger partial charge on any atom is 0.220 e. The van der Waals surface area contributed by atoms with Gasteiger partial charge in [0.1, 0.15) is 0 Å². The van der Waals surface area contributed by atoms with Crippen LogP contribution in [0.2, 0.25) is 0 Å². The van der Waals surface area contributed by atoms with Crippen molar-refractivity contribution in [1.82, 2.24) is 15.2 Å². The van der Waals surface area contributed by atoms with Crippen LogP contribution in [-0.2, 0) is 17.8 Å². The maximum atomic E-state index is 12.0. The average Bonchev–Trinajstić information content (AvgIpc) is 2.83. The van der Waals surface area contributed by atoms with Crippen molar-refractivity contribution in [3.63, 3.8) is 0 Å². The molecule has 1 unspecified atom stereocenters. The fraction of sp³-hybridized carbons (Fsp3) is 0.750. The molecule has 1 aliphatic heterocycles. The lowest BCUT2D eigenvalue weighted by Crippen LogP contribution is -2.33. The van der Waals surface area contributed by atoms with E-state index in [1.54, 1.807) is 11.3 Å². The largest absolute Gasteiger partial charge is 0.351 e. The number of thiazole rings is 1. The number of nitrogens with zero attached hydrogens (tertiary/aromatic N) is 2. The third-order valence-electron chi connectivity index (χ3n) is 4.19. The zero-order chi connectivity index (χ0) is 15.2. The van der Waals surface area contributed by atoms with E-state index in [-0.39, 0.29) is 5.91 Å². The monoisotopic (exact) mass is 309 g/mol. The van der Waals surface area contributed by atoms with Crippen LogP contribution in [0.4, 0.5) is 0 Å². The molecule has 2 heterocycles. The molecule has 0 spiro atoms. The van der Waals surface area contributed by atoms with Crippen molar-refractivity contribution in [3.05, 3.63) is 15.6 Å². The van der Waals surface area contributed by atoms with Crippen LogP contribution in [0.25, 0.3) is 0 Å². The number of likely N-dealkylation sites (tertiary alicyclic amines) is 1. The Morgan fingerprint density at radius 1 is 1.52 bits per heavy atom. The van der Waals surface area contributed by atoms with Crippen LogP contribution in [0.15, 0.2) is 0 Å². The Morgan fingerprint density at radius 2 is 2.33 bits per heavy atom. The fourth-order valence-electron chi connectivity index (χ4n) is 2.91. The minimum absolute atomic E-state index is 0.175. The SMILES string of the molecule is CCc1nc(C)c(CNC(=O)CCC2CCCN(C)C2)s1. The van der Waals surface area contributed by atoms with Crippen LogP contribution in [0, 0.1) is 12.8 Å². The predicted octanol–water partition coefficient (Wildman–Crippen LogP) is 2.75. The van der Waals surface area contributed by atoms with E-state index in [2.05, 4.69) is 29.2 Å². The van der Waals surface area contributed by atoms with Crippen molar-refractivity contribution in [2.24, 2.45) is 5.92 Å². The molecule has 1 fully saturated rings.